The van der Waals surface area contributed by atoms with Gasteiger partial charge in [0.25, 0.3) is 0 Å². The van der Waals surface area contributed by atoms with Gasteiger partial charge in [0, 0.05) is 4.47 Å². The van der Waals surface area contributed by atoms with Gasteiger partial charge in [-0.25, -0.2) is 23.7 Å². The van der Waals surface area contributed by atoms with Crippen molar-refractivity contribution >= 4 is 65.7 Å². The molecule has 0 saturated carbocycles. The van der Waals surface area contributed by atoms with E-state index in [2.05, 4.69) is 41.2 Å². The molecule has 3 aromatic carbocycles. The molecule has 0 saturated heterocycles. The molecule has 0 unspecified atom stereocenters. The van der Waals surface area contributed by atoms with Crippen LogP contribution in [0.15, 0.2) is 70.4 Å². The first-order chi connectivity index (χ1) is 16.0. The van der Waals surface area contributed by atoms with Crippen LogP contribution in [-0.4, -0.2) is 20.8 Å². The summed E-state index contributed by atoms with van der Waals surface area (Å²) in [5, 5.41) is 4.29. The van der Waals surface area contributed by atoms with Crippen molar-refractivity contribution in [2.45, 2.75) is 6.54 Å². The van der Waals surface area contributed by atoms with Crippen molar-refractivity contribution in [3.05, 3.63) is 87.6 Å². The van der Waals surface area contributed by atoms with Gasteiger partial charge >= 0.3 is 0 Å². The molecule has 6 nitrogen and oxygen atoms in total. The number of aliphatic imine (C=N–C) groups is 1. The molecule has 10 heteroatoms. The average molecular weight is 525 g/mol. The van der Waals surface area contributed by atoms with Gasteiger partial charge in [-0.05, 0) is 48.0 Å². The third-order valence-electron chi connectivity index (χ3n) is 4.88. The molecule has 3 N–H and O–H groups in total. The van der Waals surface area contributed by atoms with Crippen molar-refractivity contribution in [1.82, 2.24) is 15.0 Å². The zero-order valence-corrected chi connectivity index (χ0v) is 19.3. The van der Waals surface area contributed by atoms with Crippen LogP contribution in [-0.2, 0) is 6.54 Å². The van der Waals surface area contributed by atoms with Gasteiger partial charge in [-0.15, -0.1) is 11.3 Å². The number of nitrogens with one attached hydrogen (secondary N) is 1. The Morgan fingerprint density at radius 1 is 1.06 bits per heavy atom. The molecule has 2 heterocycles. The zero-order valence-electron chi connectivity index (χ0n) is 16.9. The minimum atomic E-state index is -0.415. The van der Waals surface area contributed by atoms with Gasteiger partial charge in [0.1, 0.15) is 23.8 Å². The smallest absolute Gasteiger partial charge is 0.159 e. The molecule has 0 bridgehead atoms. The maximum Gasteiger partial charge on any atom is 0.159 e. The van der Waals surface area contributed by atoms with Crippen LogP contribution >= 0.6 is 27.3 Å². The third kappa shape index (κ3) is 4.39. The van der Waals surface area contributed by atoms with Gasteiger partial charge in [0.2, 0.25) is 0 Å². The monoisotopic (exact) mass is 524 g/mol. The van der Waals surface area contributed by atoms with E-state index in [4.69, 9.17) is 5.73 Å². The van der Waals surface area contributed by atoms with Gasteiger partial charge in [-0.1, -0.05) is 28.1 Å². The number of amidine groups is 1. The van der Waals surface area contributed by atoms with Crippen LogP contribution < -0.4 is 11.1 Å². The summed E-state index contributed by atoms with van der Waals surface area (Å²) in [5.41, 5.74) is 8.56. The highest BCUT2D eigenvalue weighted by atomic mass is 79.9. The van der Waals surface area contributed by atoms with E-state index in [0.29, 0.717) is 37.3 Å². The summed E-state index contributed by atoms with van der Waals surface area (Å²) >= 11 is 4.60. The number of rotatable bonds is 5. The molecule has 0 atom stereocenters. The molecule has 0 fully saturated rings. The summed E-state index contributed by atoms with van der Waals surface area (Å²) in [6.45, 7) is 0.235. The minimum Gasteiger partial charge on any atom is -0.381 e. The lowest BCUT2D eigenvalue weighted by atomic mass is 10.2. The molecule has 0 aliphatic carbocycles. The van der Waals surface area contributed by atoms with Crippen LogP contribution in [0.25, 0.3) is 21.1 Å². The van der Waals surface area contributed by atoms with E-state index in [1.54, 1.807) is 24.3 Å². The Hall–Kier alpha value is -3.50. The molecule has 0 amide bonds. The van der Waals surface area contributed by atoms with Gasteiger partial charge in [-0.2, -0.15) is 0 Å². The highest BCUT2D eigenvalue weighted by Gasteiger charge is 2.15. The van der Waals surface area contributed by atoms with E-state index < -0.39 is 5.82 Å². The molecule has 0 aliphatic heterocycles. The average Bonchev–Trinajstić information content (AvgIpc) is 3.24. The van der Waals surface area contributed by atoms with Crippen molar-refractivity contribution in [2.75, 3.05) is 5.32 Å². The lowest BCUT2D eigenvalue weighted by molar-refractivity contribution is 0.625. The fourth-order valence-electron chi connectivity index (χ4n) is 3.33. The lowest BCUT2D eigenvalue weighted by Crippen LogP contribution is -2.13. The van der Waals surface area contributed by atoms with Gasteiger partial charge in [-0.3, -0.25) is 4.99 Å². The van der Waals surface area contributed by atoms with E-state index in [0.717, 1.165) is 4.70 Å². The van der Waals surface area contributed by atoms with Gasteiger partial charge < -0.3 is 11.1 Å². The van der Waals surface area contributed by atoms with Crippen molar-refractivity contribution in [3.8, 4) is 0 Å². The maximum atomic E-state index is 14.4. The molecular weight excluding hydrogens is 510 g/mol. The summed E-state index contributed by atoms with van der Waals surface area (Å²) in [6, 6.07) is 14.6. The Balaban J connectivity index is 1.55. The van der Waals surface area contributed by atoms with Crippen LogP contribution in [0, 0.1) is 11.6 Å². The normalized spacial score (nSPS) is 11.9. The van der Waals surface area contributed by atoms with Crippen molar-refractivity contribution in [3.63, 3.8) is 0 Å². The largest absolute Gasteiger partial charge is 0.381 e. The molecule has 164 valence electrons. The van der Waals surface area contributed by atoms with Crippen LogP contribution in [0.2, 0.25) is 0 Å². The first-order valence-electron chi connectivity index (χ1n) is 9.79. The summed E-state index contributed by atoms with van der Waals surface area (Å²) in [5.74, 6) is -0.0341. The van der Waals surface area contributed by atoms with Crippen molar-refractivity contribution in [2.24, 2.45) is 10.7 Å². The van der Waals surface area contributed by atoms with E-state index >= 15 is 0 Å². The molecule has 5 rings (SSSR count). The van der Waals surface area contributed by atoms with Crippen molar-refractivity contribution < 1.29 is 8.78 Å². The Kier molecular flexibility index (Phi) is 5.69. The van der Waals surface area contributed by atoms with Gasteiger partial charge in [0.15, 0.2) is 10.8 Å². The topological polar surface area (TPSA) is 89.1 Å². The predicted octanol–water partition coefficient (Wildman–Crippen LogP) is 5.93. The SMILES string of the molecule is NC(=NCc1cccc(F)c1)c1nc2ccc3ncnc(Nc4ccc(Br)cc4F)c3c2s1. The Morgan fingerprint density at radius 2 is 1.91 bits per heavy atom. The highest BCUT2D eigenvalue weighted by molar-refractivity contribution is 9.10. The van der Waals surface area contributed by atoms with Crippen LogP contribution in [0.3, 0.4) is 0 Å². The van der Waals surface area contributed by atoms with E-state index in [1.807, 2.05) is 12.1 Å². The fourth-order valence-corrected chi connectivity index (χ4v) is 4.69. The minimum absolute atomic E-state index is 0.235. The Morgan fingerprint density at radius 3 is 2.73 bits per heavy atom. The standard InChI is InChI=1S/C23H15BrF2N6S/c24-13-4-5-16(15(26)9-13)31-22-19-17(29-11-30-22)6-7-18-20(19)33-23(32-18)21(27)28-10-12-2-1-3-14(25)8-12/h1-9,11H,10H2,(H2,27,28)(H,29,30,31). The number of thiazole rings is 1. The quantitative estimate of drug-likeness (QED) is 0.219. The molecule has 0 radical (unpaired) electrons. The third-order valence-corrected chi connectivity index (χ3v) is 6.48. The number of aromatic nitrogens is 3. The summed E-state index contributed by atoms with van der Waals surface area (Å²) in [7, 11) is 0. The number of benzene rings is 3. The van der Waals surface area contributed by atoms with Crippen LogP contribution in [0.5, 0.6) is 0 Å². The van der Waals surface area contributed by atoms with Crippen LogP contribution in [0.1, 0.15) is 10.6 Å². The van der Waals surface area contributed by atoms with Crippen LogP contribution in [0.4, 0.5) is 20.3 Å². The molecule has 0 spiro atoms. The fraction of sp³-hybridized carbons (Fsp3) is 0.0435. The molecule has 0 aliphatic rings. The first-order valence-corrected chi connectivity index (χ1v) is 11.4. The highest BCUT2D eigenvalue weighted by Crippen LogP contribution is 2.35. The number of anilines is 2. The molecule has 2 aromatic heterocycles. The first kappa shape index (κ1) is 21.4. The molecular formula is C23H15BrF2N6S. The number of halogens is 3. The lowest BCUT2D eigenvalue weighted by Gasteiger charge is -2.09. The van der Waals surface area contributed by atoms with E-state index in [1.165, 1.54) is 35.9 Å². The molecule has 33 heavy (non-hydrogen) atoms. The summed E-state index contributed by atoms with van der Waals surface area (Å²) in [4.78, 5) is 17.6. The second kappa shape index (κ2) is 8.80. The number of hydrogen-bond acceptors (Lipinski definition) is 6. The summed E-state index contributed by atoms with van der Waals surface area (Å²) in [6.07, 6.45) is 1.42. The van der Waals surface area contributed by atoms with E-state index in [9.17, 15) is 8.78 Å². The van der Waals surface area contributed by atoms with Gasteiger partial charge in [0.05, 0.1) is 33.4 Å². The predicted molar refractivity (Wildman–Crippen MR) is 131 cm³/mol. The zero-order chi connectivity index (χ0) is 22.9. The van der Waals surface area contributed by atoms with E-state index in [-0.39, 0.29) is 23.9 Å². The summed E-state index contributed by atoms with van der Waals surface area (Å²) < 4.78 is 29.3. The second-order valence-corrected chi connectivity index (χ2v) is 9.04. The second-order valence-electron chi connectivity index (χ2n) is 7.13. The Bertz CT molecular complexity index is 1530. The van der Waals surface area contributed by atoms with Crippen molar-refractivity contribution in [1.29, 1.82) is 0 Å². The number of nitrogens with zero attached hydrogens (tertiary/aromatic N) is 4. The number of nitrogens with two attached hydrogens (primary N) is 1. The number of hydrogen-bond donors (Lipinski definition) is 2. The number of fused-ring (bicyclic) bond motifs is 3. The maximum absolute atomic E-state index is 14.4. The molecule has 5 aromatic rings. The Labute approximate surface area is 199 Å².